The van der Waals surface area contributed by atoms with Gasteiger partial charge in [-0.05, 0) is 18.2 Å². The molecule has 0 spiro atoms. The number of nitrogens with one attached hydrogen (secondary N) is 1. The first-order valence-corrected chi connectivity index (χ1v) is 7.82. The maximum Gasteiger partial charge on any atom is 0.390 e. The van der Waals surface area contributed by atoms with E-state index in [0.29, 0.717) is 0 Å². The van der Waals surface area contributed by atoms with Gasteiger partial charge in [0.25, 0.3) is 0 Å². The van der Waals surface area contributed by atoms with Gasteiger partial charge in [0.2, 0.25) is 5.78 Å². The second-order valence-electron chi connectivity index (χ2n) is 5.58. The Morgan fingerprint density at radius 3 is 2.81 bits per heavy atom. The molecule has 0 aliphatic carbocycles. The van der Waals surface area contributed by atoms with E-state index < -0.39 is 30.7 Å². The Labute approximate surface area is 150 Å². The maximum absolute atomic E-state index is 13.9. The lowest BCUT2D eigenvalue weighted by molar-refractivity contribution is -0.131. The van der Waals surface area contributed by atoms with Crippen LogP contribution in [0.4, 0.5) is 23.2 Å². The molecule has 0 unspecified atom stereocenters. The molecule has 3 aromatic rings. The molecule has 1 N–H and O–H groups in total. The number of hydrogen-bond donors (Lipinski definition) is 1. The Bertz CT molecular complexity index is 985. The van der Waals surface area contributed by atoms with E-state index in [1.807, 2.05) is 0 Å². The molecule has 0 aliphatic heterocycles. The molecule has 0 amide bonds. The van der Waals surface area contributed by atoms with Crippen LogP contribution < -0.4 is 10.1 Å². The van der Waals surface area contributed by atoms with Crippen molar-refractivity contribution in [3.63, 3.8) is 0 Å². The van der Waals surface area contributed by atoms with Crippen molar-refractivity contribution < 1.29 is 27.1 Å². The van der Waals surface area contributed by atoms with Crippen LogP contribution in [0.15, 0.2) is 36.7 Å². The monoisotopic (exact) mass is 382 g/mol. The fourth-order valence-electron chi connectivity index (χ4n) is 2.53. The molecule has 27 heavy (non-hydrogen) atoms. The van der Waals surface area contributed by atoms with Gasteiger partial charge in [0.1, 0.15) is 5.69 Å². The molecule has 1 aromatic carbocycles. The van der Waals surface area contributed by atoms with Gasteiger partial charge in [-0.1, -0.05) is 6.07 Å². The number of ketones is 1. The van der Waals surface area contributed by atoms with Crippen LogP contribution in [0.3, 0.4) is 0 Å². The minimum absolute atomic E-state index is 0.0503. The second-order valence-corrected chi connectivity index (χ2v) is 5.58. The number of para-hydroxylation sites is 1. The summed E-state index contributed by atoms with van der Waals surface area (Å²) in [5.41, 5.74) is 0.322. The zero-order valence-electron chi connectivity index (χ0n) is 14.0. The van der Waals surface area contributed by atoms with Gasteiger partial charge in [0.05, 0.1) is 24.8 Å². The molecule has 142 valence electrons. The Hall–Kier alpha value is -3.17. The minimum Gasteiger partial charge on any atom is -0.493 e. The number of methoxy groups -OCH3 is 1. The lowest BCUT2D eigenvalue weighted by Crippen LogP contribution is -2.16. The summed E-state index contributed by atoms with van der Waals surface area (Å²) in [6, 6.07) is 5.15. The van der Waals surface area contributed by atoms with Crippen molar-refractivity contribution in [1.29, 1.82) is 0 Å². The van der Waals surface area contributed by atoms with E-state index in [1.54, 1.807) is 0 Å². The first-order valence-electron chi connectivity index (χ1n) is 7.82. The predicted molar refractivity (Wildman–Crippen MR) is 88.5 cm³/mol. The lowest BCUT2D eigenvalue weighted by atomic mass is 10.1. The summed E-state index contributed by atoms with van der Waals surface area (Å²) in [6.45, 7) is -0.396. The third kappa shape index (κ3) is 3.99. The molecular weight excluding hydrogens is 368 g/mol. The number of hydrogen-bond acceptors (Lipinski definition) is 5. The van der Waals surface area contributed by atoms with Crippen molar-refractivity contribution in [3.05, 3.63) is 53.7 Å². The van der Waals surface area contributed by atoms with Crippen LogP contribution in [0.5, 0.6) is 5.75 Å². The van der Waals surface area contributed by atoms with E-state index in [2.05, 4.69) is 15.4 Å². The Kier molecular flexibility index (Phi) is 4.98. The van der Waals surface area contributed by atoms with Crippen LogP contribution in [-0.4, -0.2) is 40.2 Å². The van der Waals surface area contributed by atoms with Crippen molar-refractivity contribution in [2.45, 2.75) is 12.6 Å². The topological polar surface area (TPSA) is 68.5 Å². The quantitative estimate of drug-likeness (QED) is 0.522. The smallest absolute Gasteiger partial charge is 0.390 e. The molecule has 0 bridgehead atoms. The zero-order chi connectivity index (χ0) is 19.6. The summed E-state index contributed by atoms with van der Waals surface area (Å²) >= 11 is 0. The first kappa shape index (κ1) is 18.6. The number of carbonyl (C=O) groups excluding carboxylic acids is 1. The average molecular weight is 382 g/mol. The van der Waals surface area contributed by atoms with Gasteiger partial charge in [0.15, 0.2) is 17.2 Å². The van der Waals surface area contributed by atoms with Crippen molar-refractivity contribution in [1.82, 2.24) is 14.6 Å². The average Bonchev–Trinajstić information content (AvgIpc) is 3.08. The number of halogens is 4. The highest BCUT2D eigenvalue weighted by molar-refractivity contribution is 6.10. The number of carbonyl (C=O) groups is 1. The van der Waals surface area contributed by atoms with Crippen LogP contribution in [0, 0.1) is 5.82 Å². The van der Waals surface area contributed by atoms with Gasteiger partial charge in [0, 0.05) is 18.9 Å². The van der Waals surface area contributed by atoms with Crippen LogP contribution in [0.1, 0.15) is 22.5 Å². The molecule has 0 fully saturated rings. The van der Waals surface area contributed by atoms with E-state index in [9.17, 15) is 22.4 Å². The fourth-order valence-corrected chi connectivity index (χ4v) is 2.53. The van der Waals surface area contributed by atoms with Gasteiger partial charge in [-0.15, -0.1) is 0 Å². The molecule has 2 heterocycles. The number of fused-ring (bicyclic) bond motifs is 1. The number of benzene rings is 1. The number of alkyl halides is 3. The SMILES string of the molecule is COc1c(F)cccc1C(=O)c1cc(NCCC(F)(F)F)c2nccn2n1. The van der Waals surface area contributed by atoms with Crippen molar-refractivity contribution in [3.8, 4) is 5.75 Å². The van der Waals surface area contributed by atoms with Crippen molar-refractivity contribution >= 4 is 17.1 Å². The van der Waals surface area contributed by atoms with Crippen molar-refractivity contribution in [2.75, 3.05) is 19.0 Å². The van der Waals surface area contributed by atoms with Crippen LogP contribution in [0.2, 0.25) is 0 Å². The number of anilines is 1. The van der Waals surface area contributed by atoms with Crippen LogP contribution in [0.25, 0.3) is 5.65 Å². The molecule has 0 atom stereocenters. The van der Waals surface area contributed by atoms with Gasteiger partial charge >= 0.3 is 6.18 Å². The van der Waals surface area contributed by atoms with E-state index in [-0.39, 0.29) is 28.3 Å². The highest BCUT2D eigenvalue weighted by atomic mass is 19.4. The zero-order valence-corrected chi connectivity index (χ0v) is 14.0. The molecule has 2 aromatic heterocycles. The molecule has 0 aliphatic rings. The van der Waals surface area contributed by atoms with Crippen LogP contribution >= 0.6 is 0 Å². The van der Waals surface area contributed by atoms with Crippen molar-refractivity contribution in [2.24, 2.45) is 0 Å². The summed E-state index contributed by atoms with van der Waals surface area (Å²) in [5, 5.41) is 6.71. The number of imidazole rings is 1. The third-order valence-electron chi connectivity index (χ3n) is 3.73. The number of rotatable bonds is 6. The van der Waals surface area contributed by atoms with Gasteiger partial charge in [-0.3, -0.25) is 4.79 Å². The van der Waals surface area contributed by atoms with E-state index >= 15 is 0 Å². The van der Waals surface area contributed by atoms with Gasteiger partial charge in [-0.25, -0.2) is 13.9 Å². The highest BCUT2D eigenvalue weighted by Crippen LogP contribution is 2.26. The first-order chi connectivity index (χ1) is 12.8. The third-order valence-corrected chi connectivity index (χ3v) is 3.73. The molecule has 3 rings (SSSR count). The molecule has 0 saturated heterocycles. The predicted octanol–water partition coefficient (Wildman–Crippen LogP) is 3.47. The van der Waals surface area contributed by atoms with E-state index in [1.165, 1.54) is 42.2 Å². The number of ether oxygens (including phenoxy) is 1. The van der Waals surface area contributed by atoms with Crippen LogP contribution in [-0.2, 0) is 0 Å². The standard InChI is InChI=1S/C17H14F4N4O2/c1-27-15-10(3-2-4-11(15)18)14(26)12-9-13(22-6-5-17(19,20)21)16-23-7-8-25(16)24-12/h2-4,7-9,22H,5-6H2,1H3. The second kappa shape index (κ2) is 7.22. The summed E-state index contributed by atoms with van der Waals surface area (Å²) in [4.78, 5) is 16.8. The largest absolute Gasteiger partial charge is 0.493 e. The molecule has 0 radical (unpaired) electrons. The summed E-state index contributed by atoms with van der Waals surface area (Å²) < 4.78 is 57.2. The maximum atomic E-state index is 13.9. The summed E-state index contributed by atoms with van der Waals surface area (Å²) in [6.07, 6.45) is -2.53. The van der Waals surface area contributed by atoms with Gasteiger partial charge < -0.3 is 10.1 Å². The summed E-state index contributed by atoms with van der Waals surface area (Å²) in [7, 11) is 1.23. The van der Waals surface area contributed by atoms with Gasteiger partial charge in [-0.2, -0.15) is 18.3 Å². The molecule has 6 nitrogen and oxygen atoms in total. The Balaban J connectivity index is 1.98. The fraction of sp³-hybridized carbons (Fsp3) is 0.235. The Morgan fingerprint density at radius 2 is 2.11 bits per heavy atom. The van der Waals surface area contributed by atoms with E-state index in [4.69, 9.17) is 4.74 Å². The minimum atomic E-state index is -4.32. The molecule has 10 heteroatoms. The normalized spacial score (nSPS) is 11.6. The number of aromatic nitrogens is 3. The highest BCUT2D eigenvalue weighted by Gasteiger charge is 2.26. The lowest BCUT2D eigenvalue weighted by Gasteiger charge is -2.12. The van der Waals surface area contributed by atoms with E-state index in [0.717, 1.165) is 6.07 Å². The summed E-state index contributed by atoms with van der Waals surface area (Å²) in [5.74, 6) is -1.59. The molecular formula is C17H14F4N4O2. The molecule has 0 saturated carbocycles. The number of nitrogens with zero attached hydrogens (tertiary/aromatic N) is 3. The Morgan fingerprint density at radius 1 is 1.33 bits per heavy atom.